The minimum Gasteiger partial charge on any atom is -0.483 e. The van der Waals surface area contributed by atoms with E-state index in [9.17, 15) is 15.4 Å². The van der Waals surface area contributed by atoms with Gasteiger partial charge >= 0.3 is 5.69 Å². The van der Waals surface area contributed by atoms with Crippen LogP contribution in [0.15, 0.2) is 18.2 Å². The van der Waals surface area contributed by atoms with Crippen molar-refractivity contribution in [1.29, 1.82) is 5.26 Å². The lowest BCUT2D eigenvalue weighted by molar-refractivity contribution is -0.385. The summed E-state index contributed by atoms with van der Waals surface area (Å²) < 4.78 is 5.46. The summed E-state index contributed by atoms with van der Waals surface area (Å²) in [5.41, 5.74) is -1.10. The summed E-state index contributed by atoms with van der Waals surface area (Å²) in [6.45, 7) is 1.69. The smallest absolute Gasteiger partial charge is 0.312 e. The highest BCUT2D eigenvalue weighted by Crippen LogP contribution is 2.35. The van der Waals surface area contributed by atoms with E-state index in [1.54, 1.807) is 6.92 Å². The number of hydrogen-bond acceptors (Lipinski definition) is 5. The molecule has 6 nitrogen and oxygen atoms in total. The van der Waals surface area contributed by atoms with Gasteiger partial charge in [0.25, 0.3) is 0 Å². The summed E-state index contributed by atoms with van der Waals surface area (Å²) in [5, 5.41) is 23.5. The molecule has 1 saturated carbocycles. The second kappa shape index (κ2) is 5.65. The van der Waals surface area contributed by atoms with Crippen LogP contribution < -0.4 is 10.1 Å². The number of ether oxygens (including phenoxy) is 1. The van der Waals surface area contributed by atoms with E-state index >= 15 is 0 Å². The lowest BCUT2D eigenvalue weighted by Crippen LogP contribution is -2.47. The molecule has 0 amide bonds. The molecule has 7 heteroatoms. The van der Waals surface area contributed by atoms with E-state index in [4.69, 9.17) is 16.3 Å². The van der Waals surface area contributed by atoms with Crippen molar-refractivity contribution in [1.82, 2.24) is 5.32 Å². The average Bonchev–Trinajstić information content (AvgIpc) is 3.20. The Balaban J connectivity index is 2.13. The van der Waals surface area contributed by atoms with Crippen LogP contribution in [0.1, 0.15) is 19.8 Å². The average molecular weight is 296 g/mol. The lowest BCUT2D eigenvalue weighted by atomic mass is 10.1. The number of benzene rings is 1. The van der Waals surface area contributed by atoms with Gasteiger partial charge in [0.2, 0.25) is 5.75 Å². The van der Waals surface area contributed by atoms with Gasteiger partial charge in [-0.25, -0.2) is 0 Å². The number of nitriles is 1. The van der Waals surface area contributed by atoms with Gasteiger partial charge in [0, 0.05) is 12.1 Å². The lowest BCUT2D eigenvalue weighted by Gasteiger charge is -2.23. The third-order valence-corrected chi connectivity index (χ3v) is 3.29. The molecule has 1 aromatic rings. The number of rotatable bonds is 6. The van der Waals surface area contributed by atoms with Gasteiger partial charge in [-0.3, -0.25) is 15.4 Å². The molecule has 1 aliphatic rings. The largest absolute Gasteiger partial charge is 0.483 e. The number of nitrogens with zero attached hydrogens (tertiary/aromatic N) is 2. The van der Waals surface area contributed by atoms with Gasteiger partial charge in [0.1, 0.15) is 12.1 Å². The summed E-state index contributed by atoms with van der Waals surface area (Å²) in [5.74, 6) is -0.00163. The highest BCUT2D eigenvalue weighted by atomic mass is 35.5. The van der Waals surface area contributed by atoms with Crippen LogP contribution in [-0.4, -0.2) is 23.1 Å². The molecule has 1 atom stereocenters. The van der Waals surface area contributed by atoms with Gasteiger partial charge in [-0.15, -0.1) is 0 Å². The van der Waals surface area contributed by atoms with Crippen molar-refractivity contribution >= 4 is 17.3 Å². The SMILES string of the molecule is CC(C#N)(COc1c(Cl)cccc1[N+](=O)[O-])NC1CC1. The van der Waals surface area contributed by atoms with Crippen LogP contribution in [0.25, 0.3) is 0 Å². The predicted octanol–water partition coefficient (Wildman–Crippen LogP) is 2.66. The Morgan fingerprint density at radius 2 is 2.35 bits per heavy atom. The van der Waals surface area contributed by atoms with Gasteiger partial charge in [-0.1, -0.05) is 17.7 Å². The summed E-state index contributed by atoms with van der Waals surface area (Å²) in [4.78, 5) is 10.4. The standard InChI is InChI=1S/C13H14ClN3O3/c1-13(7-15,16-9-5-6-9)8-20-12-10(14)3-2-4-11(12)17(18)19/h2-4,9,16H,5-6,8H2,1H3. The van der Waals surface area contributed by atoms with Gasteiger partial charge in [-0.05, 0) is 25.8 Å². The highest BCUT2D eigenvalue weighted by molar-refractivity contribution is 6.32. The maximum Gasteiger partial charge on any atom is 0.312 e. The molecule has 0 aromatic heterocycles. The molecule has 0 bridgehead atoms. The van der Waals surface area contributed by atoms with Crippen molar-refractivity contribution in [3.8, 4) is 11.8 Å². The monoisotopic (exact) mass is 295 g/mol. The quantitative estimate of drug-likeness (QED) is 0.644. The van der Waals surface area contributed by atoms with E-state index in [0.29, 0.717) is 6.04 Å². The molecule has 1 N–H and O–H groups in total. The molecular weight excluding hydrogens is 282 g/mol. The number of hydrogen-bond donors (Lipinski definition) is 1. The minimum atomic E-state index is -0.895. The molecule has 1 aromatic carbocycles. The first kappa shape index (κ1) is 14.6. The Hall–Kier alpha value is -1.84. The van der Waals surface area contributed by atoms with E-state index in [1.807, 2.05) is 0 Å². The number of halogens is 1. The molecular formula is C13H14ClN3O3. The van der Waals surface area contributed by atoms with Crippen molar-refractivity contribution in [2.45, 2.75) is 31.3 Å². The van der Waals surface area contributed by atoms with E-state index in [2.05, 4.69) is 11.4 Å². The van der Waals surface area contributed by atoms with Crippen LogP contribution >= 0.6 is 11.6 Å². The third kappa shape index (κ3) is 3.38. The summed E-state index contributed by atoms with van der Waals surface area (Å²) in [7, 11) is 0. The van der Waals surface area contributed by atoms with E-state index < -0.39 is 10.5 Å². The maximum atomic E-state index is 10.9. The maximum absolute atomic E-state index is 10.9. The Morgan fingerprint density at radius 1 is 1.65 bits per heavy atom. The zero-order chi connectivity index (χ0) is 14.8. The molecule has 0 saturated heterocycles. The molecule has 1 aliphatic carbocycles. The number of nitro groups is 1. The molecule has 20 heavy (non-hydrogen) atoms. The fraction of sp³-hybridized carbons (Fsp3) is 0.462. The zero-order valence-electron chi connectivity index (χ0n) is 10.9. The molecule has 1 unspecified atom stereocenters. The summed E-state index contributed by atoms with van der Waals surface area (Å²) in [6, 6.07) is 6.78. The predicted molar refractivity (Wildman–Crippen MR) is 73.8 cm³/mol. The summed E-state index contributed by atoms with van der Waals surface area (Å²) in [6.07, 6.45) is 2.06. The second-order valence-corrected chi connectivity index (χ2v) is 5.40. The van der Waals surface area contributed by atoms with Crippen molar-refractivity contribution in [2.24, 2.45) is 0 Å². The fourth-order valence-corrected chi connectivity index (χ4v) is 2.01. The van der Waals surface area contributed by atoms with Gasteiger partial charge in [0.05, 0.1) is 16.0 Å². The van der Waals surface area contributed by atoms with Crippen LogP contribution in [0.2, 0.25) is 5.02 Å². The van der Waals surface area contributed by atoms with Gasteiger partial charge in [-0.2, -0.15) is 5.26 Å². The second-order valence-electron chi connectivity index (χ2n) is 5.00. The van der Waals surface area contributed by atoms with E-state index in [1.165, 1.54) is 18.2 Å². The Kier molecular flexibility index (Phi) is 4.12. The van der Waals surface area contributed by atoms with Crippen molar-refractivity contribution < 1.29 is 9.66 Å². The van der Waals surface area contributed by atoms with Crippen LogP contribution in [0.4, 0.5) is 5.69 Å². The van der Waals surface area contributed by atoms with Crippen molar-refractivity contribution in [3.63, 3.8) is 0 Å². The minimum absolute atomic E-state index is 0.00163. The molecule has 0 heterocycles. The molecule has 2 rings (SSSR count). The first-order chi connectivity index (χ1) is 9.45. The molecule has 0 radical (unpaired) electrons. The van der Waals surface area contributed by atoms with Crippen LogP contribution in [0.5, 0.6) is 5.75 Å². The molecule has 1 fully saturated rings. The topological polar surface area (TPSA) is 88.2 Å². The van der Waals surface area contributed by atoms with Crippen LogP contribution in [-0.2, 0) is 0 Å². The molecule has 106 valence electrons. The third-order valence-electron chi connectivity index (χ3n) is 2.99. The van der Waals surface area contributed by atoms with Crippen LogP contribution in [0.3, 0.4) is 0 Å². The Bertz CT molecular complexity index is 568. The van der Waals surface area contributed by atoms with E-state index in [-0.39, 0.29) is 23.1 Å². The molecule has 0 aliphatic heterocycles. The number of nitro benzene ring substituents is 1. The molecule has 0 spiro atoms. The van der Waals surface area contributed by atoms with Gasteiger partial charge < -0.3 is 4.74 Å². The first-order valence-electron chi connectivity index (χ1n) is 6.20. The van der Waals surface area contributed by atoms with Crippen molar-refractivity contribution in [2.75, 3.05) is 6.61 Å². The fourth-order valence-electron chi connectivity index (χ4n) is 1.79. The normalized spacial score (nSPS) is 17.1. The van der Waals surface area contributed by atoms with E-state index in [0.717, 1.165) is 12.8 Å². The number of para-hydroxylation sites is 1. The van der Waals surface area contributed by atoms with Gasteiger partial charge in [0.15, 0.2) is 0 Å². The Morgan fingerprint density at radius 3 is 2.90 bits per heavy atom. The zero-order valence-corrected chi connectivity index (χ0v) is 11.7. The Labute approximate surface area is 121 Å². The van der Waals surface area contributed by atoms with Crippen LogP contribution in [0, 0.1) is 21.4 Å². The van der Waals surface area contributed by atoms with Crippen molar-refractivity contribution in [3.05, 3.63) is 33.3 Å². The first-order valence-corrected chi connectivity index (χ1v) is 6.57. The number of nitrogens with one attached hydrogen (secondary N) is 1. The highest BCUT2D eigenvalue weighted by Gasteiger charge is 2.34. The summed E-state index contributed by atoms with van der Waals surface area (Å²) >= 11 is 5.93.